The molecule has 7 heteroatoms. The van der Waals surface area contributed by atoms with E-state index in [2.05, 4.69) is 21.5 Å². The van der Waals surface area contributed by atoms with E-state index in [9.17, 15) is 14.4 Å². The summed E-state index contributed by atoms with van der Waals surface area (Å²) in [5.41, 5.74) is -0.126. The maximum absolute atomic E-state index is 12.7. The van der Waals surface area contributed by atoms with Crippen molar-refractivity contribution in [2.24, 2.45) is 0 Å². The van der Waals surface area contributed by atoms with Gasteiger partial charge in [-0.3, -0.25) is 14.3 Å². The summed E-state index contributed by atoms with van der Waals surface area (Å²) in [5, 5.41) is 0.392. The Labute approximate surface area is 138 Å². The number of benzene rings is 1. The summed E-state index contributed by atoms with van der Waals surface area (Å²) in [5.74, 6) is -0.508. The highest BCUT2D eigenvalue weighted by molar-refractivity contribution is 5.93. The van der Waals surface area contributed by atoms with Crippen LogP contribution in [-0.2, 0) is 11.3 Å². The number of likely N-dealkylation sites (N-methyl/N-ethyl adjacent to an activating group) is 1. The summed E-state index contributed by atoms with van der Waals surface area (Å²) in [6.45, 7) is 4.38. The Morgan fingerprint density at radius 1 is 1.38 bits per heavy atom. The Kier molecular flexibility index (Phi) is 4.53. The van der Waals surface area contributed by atoms with Crippen LogP contribution in [0.15, 0.2) is 27.8 Å². The standard InChI is InChI=1S/C17H21N3O4/c1-3-19-8-4-5-12(19)10-20-15(21)13-7-6-11(16(22)24-2)9-14(13)18-17(20)23/h6-7,9,12H,3-5,8,10H2,1-2H3,(H,18,23). The number of fused-ring (bicyclic) bond motifs is 1. The van der Waals surface area contributed by atoms with Crippen molar-refractivity contribution in [1.82, 2.24) is 14.5 Å². The molecule has 1 N–H and O–H groups in total. The van der Waals surface area contributed by atoms with Gasteiger partial charge in [0.05, 0.1) is 23.6 Å². The van der Waals surface area contributed by atoms with Crippen LogP contribution in [0.3, 0.4) is 0 Å². The van der Waals surface area contributed by atoms with Gasteiger partial charge in [-0.1, -0.05) is 6.92 Å². The second kappa shape index (κ2) is 6.60. The molecule has 2 aromatic rings. The summed E-state index contributed by atoms with van der Waals surface area (Å²) < 4.78 is 5.93. The maximum atomic E-state index is 12.7. The number of hydrogen-bond donors (Lipinski definition) is 1. The zero-order valence-corrected chi connectivity index (χ0v) is 13.9. The minimum Gasteiger partial charge on any atom is -0.465 e. The second-order valence-corrected chi connectivity index (χ2v) is 6.02. The minimum atomic E-state index is -0.508. The number of nitrogens with one attached hydrogen (secondary N) is 1. The van der Waals surface area contributed by atoms with Gasteiger partial charge >= 0.3 is 11.7 Å². The number of methoxy groups -OCH3 is 1. The van der Waals surface area contributed by atoms with Crippen molar-refractivity contribution in [2.45, 2.75) is 32.4 Å². The molecule has 1 atom stereocenters. The Hall–Kier alpha value is -2.41. The first-order chi connectivity index (χ1) is 11.5. The molecule has 1 aliphatic heterocycles. The van der Waals surface area contributed by atoms with E-state index in [4.69, 9.17) is 0 Å². The average Bonchev–Trinajstić information content (AvgIpc) is 3.04. The number of ether oxygens (including phenoxy) is 1. The Morgan fingerprint density at radius 2 is 2.17 bits per heavy atom. The number of rotatable bonds is 4. The Balaban J connectivity index is 2.03. The molecule has 1 aromatic heterocycles. The van der Waals surface area contributed by atoms with E-state index in [1.165, 1.54) is 23.8 Å². The molecule has 3 rings (SSSR count). The molecule has 2 heterocycles. The summed E-state index contributed by atoms with van der Waals surface area (Å²) in [6.07, 6.45) is 2.07. The van der Waals surface area contributed by atoms with Gasteiger partial charge < -0.3 is 9.72 Å². The minimum absolute atomic E-state index is 0.209. The molecule has 0 spiro atoms. The molecule has 1 fully saturated rings. The lowest BCUT2D eigenvalue weighted by molar-refractivity contribution is 0.0601. The fourth-order valence-corrected chi connectivity index (χ4v) is 3.39. The molecular weight excluding hydrogens is 310 g/mol. The molecule has 0 saturated carbocycles. The number of carbonyl (C=O) groups excluding carboxylic acids is 1. The predicted molar refractivity (Wildman–Crippen MR) is 90.4 cm³/mol. The quantitative estimate of drug-likeness (QED) is 0.844. The van der Waals surface area contributed by atoms with E-state index in [0.29, 0.717) is 23.0 Å². The van der Waals surface area contributed by atoms with Gasteiger partial charge in [-0.15, -0.1) is 0 Å². The lowest BCUT2D eigenvalue weighted by Crippen LogP contribution is -2.42. The van der Waals surface area contributed by atoms with Gasteiger partial charge in [0.25, 0.3) is 5.56 Å². The summed E-state index contributed by atoms with van der Waals surface area (Å²) >= 11 is 0. The highest BCUT2D eigenvalue weighted by Crippen LogP contribution is 2.17. The summed E-state index contributed by atoms with van der Waals surface area (Å²) in [7, 11) is 1.29. The number of H-pyrrole nitrogens is 1. The molecule has 0 bridgehead atoms. The molecule has 1 aromatic carbocycles. The maximum Gasteiger partial charge on any atom is 0.337 e. The molecule has 1 saturated heterocycles. The normalized spacial score (nSPS) is 18.2. The topological polar surface area (TPSA) is 84.4 Å². The highest BCUT2D eigenvalue weighted by atomic mass is 16.5. The SMILES string of the molecule is CCN1CCCC1Cn1c(=O)[nH]c2cc(C(=O)OC)ccc2c1=O. The predicted octanol–water partition coefficient (Wildman–Crippen LogP) is 0.961. The van der Waals surface area contributed by atoms with Crippen LogP contribution >= 0.6 is 0 Å². The van der Waals surface area contributed by atoms with Crippen LogP contribution in [0.2, 0.25) is 0 Å². The fraction of sp³-hybridized carbons (Fsp3) is 0.471. The first-order valence-corrected chi connectivity index (χ1v) is 8.14. The summed E-state index contributed by atoms with van der Waals surface area (Å²) in [6, 6.07) is 4.78. The van der Waals surface area contributed by atoms with Crippen molar-refractivity contribution in [3.8, 4) is 0 Å². The van der Waals surface area contributed by atoms with Crippen molar-refractivity contribution < 1.29 is 9.53 Å². The average molecular weight is 331 g/mol. The smallest absolute Gasteiger partial charge is 0.337 e. The van der Waals surface area contributed by atoms with Crippen molar-refractivity contribution in [1.29, 1.82) is 0 Å². The molecule has 7 nitrogen and oxygen atoms in total. The van der Waals surface area contributed by atoms with Crippen molar-refractivity contribution in [3.05, 3.63) is 44.6 Å². The van der Waals surface area contributed by atoms with Crippen molar-refractivity contribution >= 4 is 16.9 Å². The van der Waals surface area contributed by atoms with E-state index in [0.717, 1.165) is 25.9 Å². The molecular formula is C17H21N3O4. The number of nitrogens with zero attached hydrogens (tertiary/aromatic N) is 2. The number of likely N-dealkylation sites (tertiary alicyclic amines) is 1. The highest BCUT2D eigenvalue weighted by Gasteiger charge is 2.24. The van der Waals surface area contributed by atoms with Crippen LogP contribution in [0, 0.1) is 0 Å². The van der Waals surface area contributed by atoms with Gasteiger partial charge in [0.2, 0.25) is 0 Å². The van der Waals surface area contributed by atoms with Crippen LogP contribution in [0.1, 0.15) is 30.1 Å². The fourth-order valence-electron chi connectivity index (χ4n) is 3.39. The number of esters is 1. The molecule has 0 amide bonds. The van der Waals surface area contributed by atoms with Gasteiger partial charge in [0.1, 0.15) is 0 Å². The molecule has 1 aliphatic rings. The molecule has 0 radical (unpaired) electrons. The first kappa shape index (κ1) is 16.4. The number of hydrogen-bond acceptors (Lipinski definition) is 5. The molecule has 128 valence electrons. The first-order valence-electron chi connectivity index (χ1n) is 8.14. The van der Waals surface area contributed by atoms with Crippen molar-refractivity contribution in [3.63, 3.8) is 0 Å². The summed E-state index contributed by atoms with van der Waals surface area (Å²) in [4.78, 5) is 41.6. The van der Waals surface area contributed by atoms with Gasteiger partial charge in [0.15, 0.2) is 0 Å². The number of aromatic amines is 1. The zero-order valence-electron chi connectivity index (χ0n) is 13.9. The third kappa shape index (κ3) is 2.87. The van der Waals surface area contributed by atoms with Crippen LogP contribution in [0.25, 0.3) is 10.9 Å². The number of carbonyl (C=O) groups is 1. The van der Waals surface area contributed by atoms with Gasteiger partial charge in [-0.05, 0) is 44.1 Å². The molecule has 0 aliphatic carbocycles. The zero-order chi connectivity index (χ0) is 17.3. The Morgan fingerprint density at radius 3 is 2.88 bits per heavy atom. The van der Waals surface area contributed by atoms with E-state index in [1.54, 1.807) is 6.07 Å². The number of aromatic nitrogens is 2. The van der Waals surface area contributed by atoms with E-state index in [1.807, 2.05) is 0 Å². The van der Waals surface area contributed by atoms with E-state index >= 15 is 0 Å². The van der Waals surface area contributed by atoms with Gasteiger partial charge in [-0.25, -0.2) is 9.59 Å². The molecule has 24 heavy (non-hydrogen) atoms. The van der Waals surface area contributed by atoms with Gasteiger partial charge in [0, 0.05) is 12.6 Å². The lowest BCUT2D eigenvalue weighted by atomic mass is 10.1. The van der Waals surface area contributed by atoms with Crippen LogP contribution < -0.4 is 11.2 Å². The molecule has 1 unspecified atom stereocenters. The van der Waals surface area contributed by atoms with Gasteiger partial charge in [-0.2, -0.15) is 0 Å². The van der Waals surface area contributed by atoms with E-state index < -0.39 is 11.7 Å². The lowest BCUT2D eigenvalue weighted by Gasteiger charge is -2.23. The third-order valence-electron chi connectivity index (χ3n) is 4.70. The monoisotopic (exact) mass is 331 g/mol. The van der Waals surface area contributed by atoms with Crippen LogP contribution in [0.4, 0.5) is 0 Å². The van der Waals surface area contributed by atoms with Crippen molar-refractivity contribution in [2.75, 3.05) is 20.2 Å². The largest absolute Gasteiger partial charge is 0.465 e. The Bertz CT molecular complexity index is 884. The van der Waals surface area contributed by atoms with E-state index in [-0.39, 0.29) is 11.6 Å². The van der Waals surface area contributed by atoms with Crippen LogP contribution in [-0.4, -0.2) is 46.7 Å². The second-order valence-electron chi connectivity index (χ2n) is 6.02. The van der Waals surface area contributed by atoms with Crippen LogP contribution in [0.5, 0.6) is 0 Å². The third-order valence-corrected chi connectivity index (χ3v) is 4.70.